The van der Waals surface area contributed by atoms with Crippen LogP contribution in [-0.2, 0) is 0 Å². The fraction of sp³-hybridized carbons (Fsp3) is 0.0667. The van der Waals surface area contributed by atoms with Crippen LogP contribution in [0.15, 0.2) is 42.5 Å². The highest BCUT2D eigenvalue weighted by Crippen LogP contribution is 2.21. The van der Waals surface area contributed by atoms with E-state index in [0.717, 1.165) is 18.2 Å². The first-order valence-electron chi connectivity index (χ1n) is 6.61. The fourth-order valence-electron chi connectivity index (χ4n) is 1.82. The predicted octanol–water partition coefficient (Wildman–Crippen LogP) is 2.87. The standard InChI is InChI=1S/C15H12FN3O4S/c1-23-11-4-2-3-9(7-11)14(20)18-15(24)17-13-8-10(19(21)22)5-6-12(13)16/h2-8H,1H3,(H2,17,18,20,24). The highest BCUT2D eigenvalue weighted by Gasteiger charge is 2.14. The summed E-state index contributed by atoms with van der Waals surface area (Å²) >= 11 is 4.93. The Labute approximate surface area is 141 Å². The van der Waals surface area contributed by atoms with Gasteiger partial charge in [0.15, 0.2) is 5.11 Å². The van der Waals surface area contributed by atoms with Gasteiger partial charge in [0.1, 0.15) is 11.6 Å². The summed E-state index contributed by atoms with van der Waals surface area (Å²) in [5, 5.41) is 15.3. The smallest absolute Gasteiger partial charge is 0.271 e. The van der Waals surface area contributed by atoms with Crippen molar-refractivity contribution in [1.29, 1.82) is 0 Å². The number of amides is 1. The molecule has 0 saturated heterocycles. The van der Waals surface area contributed by atoms with Crippen molar-refractivity contribution in [2.75, 3.05) is 12.4 Å². The van der Waals surface area contributed by atoms with Gasteiger partial charge in [-0.25, -0.2) is 4.39 Å². The maximum absolute atomic E-state index is 13.7. The van der Waals surface area contributed by atoms with E-state index >= 15 is 0 Å². The summed E-state index contributed by atoms with van der Waals surface area (Å²) in [6, 6.07) is 9.31. The number of nitro groups is 1. The highest BCUT2D eigenvalue weighted by molar-refractivity contribution is 7.80. The van der Waals surface area contributed by atoms with Crippen molar-refractivity contribution in [2.45, 2.75) is 0 Å². The minimum Gasteiger partial charge on any atom is -0.497 e. The molecule has 0 aliphatic heterocycles. The number of benzene rings is 2. The summed E-state index contributed by atoms with van der Waals surface area (Å²) in [7, 11) is 1.47. The molecule has 0 fully saturated rings. The summed E-state index contributed by atoms with van der Waals surface area (Å²) in [6.07, 6.45) is 0. The molecule has 1 amide bonds. The van der Waals surface area contributed by atoms with Crippen molar-refractivity contribution in [3.05, 3.63) is 64.0 Å². The van der Waals surface area contributed by atoms with Gasteiger partial charge in [0.05, 0.1) is 17.7 Å². The van der Waals surface area contributed by atoms with Gasteiger partial charge < -0.3 is 10.1 Å². The normalized spacial score (nSPS) is 9.92. The van der Waals surface area contributed by atoms with Crippen LogP contribution in [0, 0.1) is 15.9 Å². The van der Waals surface area contributed by atoms with Gasteiger partial charge in [0.2, 0.25) is 0 Å². The summed E-state index contributed by atoms with van der Waals surface area (Å²) in [5.41, 5.74) is -0.223. The van der Waals surface area contributed by atoms with E-state index < -0.39 is 16.6 Å². The van der Waals surface area contributed by atoms with Gasteiger partial charge in [-0.1, -0.05) is 6.07 Å². The molecule has 0 radical (unpaired) electrons. The van der Waals surface area contributed by atoms with Gasteiger partial charge in [-0.05, 0) is 36.5 Å². The molecule has 0 saturated carbocycles. The largest absolute Gasteiger partial charge is 0.497 e. The van der Waals surface area contributed by atoms with E-state index in [2.05, 4.69) is 10.6 Å². The Morgan fingerprint density at radius 3 is 2.71 bits per heavy atom. The van der Waals surface area contributed by atoms with E-state index in [-0.39, 0.29) is 22.1 Å². The first-order chi connectivity index (χ1) is 11.4. The second kappa shape index (κ2) is 7.47. The Bertz CT molecular complexity index is 813. The van der Waals surface area contributed by atoms with Crippen LogP contribution in [0.4, 0.5) is 15.8 Å². The lowest BCUT2D eigenvalue weighted by atomic mass is 10.2. The monoisotopic (exact) mass is 349 g/mol. The number of rotatable bonds is 4. The average molecular weight is 349 g/mol. The molecule has 0 atom stereocenters. The zero-order chi connectivity index (χ0) is 17.7. The molecule has 0 aromatic heterocycles. The zero-order valence-corrected chi connectivity index (χ0v) is 13.2. The molecule has 0 aliphatic rings. The Kier molecular flexibility index (Phi) is 5.38. The Balaban J connectivity index is 2.09. The summed E-state index contributed by atoms with van der Waals surface area (Å²) in [6.45, 7) is 0. The molecule has 2 aromatic carbocycles. The summed E-state index contributed by atoms with van der Waals surface area (Å²) < 4.78 is 18.7. The second-order valence-electron chi connectivity index (χ2n) is 4.56. The van der Waals surface area contributed by atoms with Crippen molar-refractivity contribution in [3.63, 3.8) is 0 Å². The van der Waals surface area contributed by atoms with Crippen molar-refractivity contribution in [1.82, 2.24) is 5.32 Å². The van der Waals surface area contributed by atoms with Gasteiger partial charge in [0.25, 0.3) is 11.6 Å². The maximum atomic E-state index is 13.7. The van der Waals surface area contributed by atoms with E-state index in [1.807, 2.05) is 0 Å². The number of carbonyl (C=O) groups is 1. The van der Waals surface area contributed by atoms with Crippen LogP contribution in [0.25, 0.3) is 0 Å². The third-order valence-corrected chi connectivity index (χ3v) is 3.17. The number of carbonyl (C=O) groups excluding carboxylic acids is 1. The molecule has 2 N–H and O–H groups in total. The van der Waals surface area contributed by atoms with Crippen molar-refractivity contribution in [2.24, 2.45) is 0 Å². The number of anilines is 1. The Hall–Kier alpha value is -3.07. The SMILES string of the molecule is COc1cccc(C(=O)NC(=S)Nc2cc([N+](=O)[O-])ccc2F)c1. The molecule has 0 unspecified atom stereocenters. The van der Waals surface area contributed by atoms with Gasteiger partial charge in [0, 0.05) is 17.7 Å². The third kappa shape index (κ3) is 4.23. The van der Waals surface area contributed by atoms with Gasteiger partial charge in [-0.2, -0.15) is 0 Å². The van der Waals surface area contributed by atoms with Gasteiger partial charge in [-0.15, -0.1) is 0 Å². The number of thiocarbonyl (C=S) groups is 1. The lowest BCUT2D eigenvalue weighted by Crippen LogP contribution is -2.34. The van der Waals surface area contributed by atoms with Crippen molar-refractivity contribution >= 4 is 34.6 Å². The van der Waals surface area contributed by atoms with Crippen molar-refractivity contribution in [3.8, 4) is 5.75 Å². The molecule has 0 spiro atoms. The molecular weight excluding hydrogens is 337 g/mol. The van der Waals surface area contributed by atoms with E-state index in [1.165, 1.54) is 13.2 Å². The number of nitro benzene ring substituents is 1. The van der Waals surface area contributed by atoms with Crippen LogP contribution in [0.3, 0.4) is 0 Å². The van der Waals surface area contributed by atoms with Crippen LogP contribution >= 0.6 is 12.2 Å². The summed E-state index contributed by atoms with van der Waals surface area (Å²) in [5.74, 6) is -0.776. The Morgan fingerprint density at radius 1 is 1.29 bits per heavy atom. The molecule has 7 nitrogen and oxygen atoms in total. The first kappa shape index (κ1) is 17.3. The number of ether oxygens (including phenoxy) is 1. The molecule has 0 aliphatic carbocycles. The van der Waals surface area contributed by atoms with E-state index in [4.69, 9.17) is 17.0 Å². The third-order valence-electron chi connectivity index (χ3n) is 2.97. The number of non-ortho nitro benzene ring substituents is 1. The molecule has 2 aromatic rings. The Morgan fingerprint density at radius 2 is 2.04 bits per heavy atom. The predicted molar refractivity (Wildman–Crippen MR) is 89.7 cm³/mol. The van der Waals surface area contributed by atoms with Crippen LogP contribution in [0.1, 0.15) is 10.4 Å². The van der Waals surface area contributed by atoms with Crippen LogP contribution in [0.2, 0.25) is 0 Å². The zero-order valence-electron chi connectivity index (χ0n) is 12.4. The maximum Gasteiger partial charge on any atom is 0.271 e. The second-order valence-corrected chi connectivity index (χ2v) is 4.97. The first-order valence-corrected chi connectivity index (χ1v) is 7.02. The van der Waals surface area contributed by atoms with Crippen LogP contribution < -0.4 is 15.4 Å². The number of hydrogen-bond acceptors (Lipinski definition) is 5. The minimum atomic E-state index is -0.737. The van der Waals surface area contributed by atoms with Gasteiger partial charge >= 0.3 is 0 Å². The average Bonchev–Trinajstić information content (AvgIpc) is 2.56. The molecule has 0 heterocycles. The lowest BCUT2D eigenvalue weighted by Gasteiger charge is -2.10. The van der Waals surface area contributed by atoms with E-state index in [1.54, 1.807) is 18.2 Å². The number of halogens is 1. The molecular formula is C15H12FN3O4S. The summed E-state index contributed by atoms with van der Waals surface area (Å²) in [4.78, 5) is 22.1. The molecule has 124 valence electrons. The van der Waals surface area contributed by atoms with E-state index in [0.29, 0.717) is 5.75 Å². The molecule has 0 bridgehead atoms. The number of nitrogens with zero attached hydrogens (tertiary/aromatic N) is 1. The quantitative estimate of drug-likeness (QED) is 0.501. The van der Waals surface area contributed by atoms with Gasteiger partial charge in [-0.3, -0.25) is 20.2 Å². The number of hydrogen-bond donors (Lipinski definition) is 2. The topological polar surface area (TPSA) is 93.5 Å². The molecule has 24 heavy (non-hydrogen) atoms. The van der Waals surface area contributed by atoms with Crippen LogP contribution in [0.5, 0.6) is 5.75 Å². The number of nitrogens with one attached hydrogen (secondary N) is 2. The number of methoxy groups -OCH3 is 1. The molecule has 2 rings (SSSR count). The highest BCUT2D eigenvalue weighted by atomic mass is 32.1. The minimum absolute atomic E-state index is 0.192. The van der Waals surface area contributed by atoms with E-state index in [9.17, 15) is 19.3 Å². The molecule has 9 heteroatoms. The lowest BCUT2D eigenvalue weighted by molar-refractivity contribution is -0.384. The van der Waals surface area contributed by atoms with Crippen LogP contribution in [-0.4, -0.2) is 23.1 Å². The van der Waals surface area contributed by atoms with Crippen molar-refractivity contribution < 1.29 is 18.8 Å². The fourth-order valence-corrected chi connectivity index (χ4v) is 2.02.